The number of rotatable bonds is 2. The van der Waals surface area contributed by atoms with Crippen LogP contribution in [0.1, 0.15) is 6.92 Å². The standard InChI is InChI=1S/C6H13N3.C2H4O2/c1-4-5-8-6(7)9(2)3;1-2(3)4/h4H,1,5H2,2-3H3,(H2,7,8);1H3,(H,3,4). The SMILES string of the molecule is C=CCN=C(N)N(C)C.CC(=O)O. The molecule has 0 saturated carbocycles. The van der Waals surface area contributed by atoms with Gasteiger partial charge in [0.25, 0.3) is 5.97 Å². The van der Waals surface area contributed by atoms with Crippen molar-refractivity contribution >= 4 is 11.9 Å². The maximum atomic E-state index is 9.00. The van der Waals surface area contributed by atoms with E-state index in [0.29, 0.717) is 12.5 Å². The van der Waals surface area contributed by atoms with E-state index in [0.717, 1.165) is 6.92 Å². The largest absolute Gasteiger partial charge is 0.481 e. The third kappa shape index (κ3) is 17.9. The van der Waals surface area contributed by atoms with E-state index in [2.05, 4.69) is 11.6 Å². The van der Waals surface area contributed by atoms with Gasteiger partial charge in [-0.3, -0.25) is 4.79 Å². The molecule has 0 bridgehead atoms. The first-order valence-electron chi connectivity index (χ1n) is 3.69. The molecule has 76 valence electrons. The zero-order valence-electron chi connectivity index (χ0n) is 8.32. The lowest BCUT2D eigenvalue weighted by molar-refractivity contribution is -0.134. The predicted molar refractivity (Wildman–Crippen MR) is 53.7 cm³/mol. The number of aliphatic carboxylic acids is 1. The number of hydrogen-bond acceptors (Lipinski definition) is 2. The zero-order chi connectivity index (χ0) is 10.9. The fourth-order valence-electron chi connectivity index (χ4n) is 0.300. The maximum Gasteiger partial charge on any atom is 0.300 e. The summed E-state index contributed by atoms with van der Waals surface area (Å²) in [5.74, 6) is -0.296. The highest BCUT2D eigenvalue weighted by Crippen LogP contribution is 1.75. The highest BCUT2D eigenvalue weighted by molar-refractivity contribution is 5.77. The Bertz CT molecular complexity index is 184. The lowest BCUT2D eigenvalue weighted by Gasteiger charge is -2.09. The summed E-state index contributed by atoms with van der Waals surface area (Å²) in [5, 5.41) is 7.42. The minimum absolute atomic E-state index is 0.537. The third-order valence-electron chi connectivity index (χ3n) is 0.841. The van der Waals surface area contributed by atoms with Crippen molar-refractivity contribution in [3.63, 3.8) is 0 Å². The second-order valence-corrected chi connectivity index (χ2v) is 2.40. The molecule has 0 fully saturated rings. The number of hydrogen-bond donors (Lipinski definition) is 2. The zero-order valence-corrected chi connectivity index (χ0v) is 8.32. The van der Waals surface area contributed by atoms with Gasteiger partial charge in [-0.15, -0.1) is 6.58 Å². The van der Waals surface area contributed by atoms with Crippen LogP contribution in [0.3, 0.4) is 0 Å². The van der Waals surface area contributed by atoms with Crippen LogP contribution in [0.25, 0.3) is 0 Å². The van der Waals surface area contributed by atoms with Crippen molar-refractivity contribution in [2.24, 2.45) is 10.7 Å². The van der Waals surface area contributed by atoms with Crippen LogP contribution in [0.4, 0.5) is 0 Å². The summed E-state index contributed by atoms with van der Waals surface area (Å²) in [6.07, 6.45) is 1.70. The van der Waals surface area contributed by atoms with Gasteiger partial charge < -0.3 is 15.7 Å². The van der Waals surface area contributed by atoms with Crippen molar-refractivity contribution in [1.29, 1.82) is 0 Å². The molecule has 3 N–H and O–H groups in total. The van der Waals surface area contributed by atoms with E-state index in [1.165, 1.54) is 0 Å². The molecule has 5 heteroatoms. The van der Waals surface area contributed by atoms with Crippen molar-refractivity contribution < 1.29 is 9.90 Å². The second kappa shape index (κ2) is 8.58. The number of nitrogens with two attached hydrogens (primary N) is 1. The molecule has 0 atom stereocenters. The molecule has 13 heavy (non-hydrogen) atoms. The smallest absolute Gasteiger partial charge is 0.300 e. The first-order valence-corrected chi connectivity index (χ1v) is 3.69. The quantitative estimate of drug-likeness (QED) is 0.366. The summed E-state index contributed by atoms with van der Waals surface area (Å²) in [5.41, 5.74) is 5.43. The highest BCUT2D eigenvalue weighted by atomic mass is 16.4. The number of nitrogens with zero attached hydrogens (tertiary/aromatic N) is 2. The van der Waals surface area contributed by atoms with Gasteiger partial charge in [0.2, 0.25) is 0 Å². The topological polar surface area (TPSA) is 78.9 Å². The number of carboxylic acids is 1. The molecule has 0 aliphatic rings. The molecule has 0 aromatic heterocycles. The Morgan fingerprint density at radius 1 is 1.69 bits per heavy atom. The molecule has 0 saturated heterocycles. The molecular formula is C8H17N3O2. The van der Waals surface area contributed by atoms with Crippen molar-refractivity contribution in [2.75, 3.05) is 20.6 Å². The molecular weight excluding hydrogens is 170 g/mol. The molecule has 0 aliphatic heterocycles. The molecule has 0 aromatic carbocycles. The second-order valence-electron chi connectivity index (χ2n) is 2.40. The van der Waals surface area contributed by atoms with E-state index in [9.17, 15) is 0 Å². The van der Waals surface area contributed by atoms with Gasteiger partial charge in [-0.2, -0.15) is 0 Å². The van der Waals surface area contributed by atoms with E-state index in [1.807, 2.05) is 14.1 Å². The summed E-state index contributed by atoms with van der Waals surface area (Å²) in [7, 11) is 3.70. The first-order chi connectivity index (χ1) is 5.91. The Labute approximate surface area is 78.6 Å². The molecule has 0 aliphatic carbocycles. The number of guanidine groups is 1. The van der Waals surface area contributed by atoms with Gasteiger partial charge in [0, 0.05) is 21.0 Å². The third-order valence-corrected chi connectivity index (χ3v) is 0.841. The van der Waals surface area contributed by atoms with Crippen molar-refractivity contribution in [1.82, 2.24) is 4.90 Å². The van der Waals surface area contributed by atoms with Crippen molar-refractivity contribution in [3.8, 4) is 0 Å². The van der Waals surface area contributed by atoms with E-state index in [-0.39, 0.29) is 0 Å². The maximum absolute atomic E-state index is 9.00. The summed E-state index contributed by atoms with van der Waals surface area (Å²) in [4.78, 5) is 14.7. The molecule has 0 rings (SSSR count). The average molecular weight is 187 g/mol. The Balaban J connectivity index is 0. The lowest BCUT2D eigenvalue weighted by Crippen LogP contribution is -2.30. The molecule has 0 heterocycles. The van der Waals surface area contributed by atoms with Gasteiger partial charge in [-0.05, 0) is 0 Å². The Morgan fingerprint density at radius 2 is 2.08 bits per heavy atom. The van der Waals surface area contributed by atoms with Crippen molar-refractivity contribution in [2.45, 2.75) is 6.92 Å². The minimum Gasteiger partial charge on any atom is -0.481 e. The lowest BCUT2D eigenvalue weighted by atomic mass is 10.6. The van der Waals surface area contributed by atoms with Gasteiger partial charge in [0.15, 0.2) is 5.96 Å². The minimum atomic E-state index is -0.833. The summed E-state index contributed by atoms with van der Waals surface area (Å²) in [6.45, 7) is 5.18. The molecule has 0 radical (unpaired) electrons. The molecule has 0 aromatic rings. The predicted octanol–water partition coefficient (Wildman–Crippen LogP) is 0.140. The molecule has 5 nitrogen and oxygen atoms in total. The van der Waals surface area contributed by atoms with Crippen LogP contribution < -0.4 is 5.73 Å². The van der Waals surface area contributed by atoms with E-state index in [1.54, 1.807) is 11.0 Å². The first kappa shape index (κ1) is 14.0. The normalized spacial score (nSPS) is 9.62. The van der Waals surface area contributed by atoms with Crippen LogP contribution in [-0.4, -0.2) is 42.6 Å². The number of aliphatic imine (C=N–C) groups is 1. The van der Waals surface area contributed by atoms with Crippen LogP contribution in [0.2, 0.25) is 0 Å². The number of carbonyl (C=O) groups is 1. The monoisotopic (exact) mass is 187 g/mol. The van der Waals surface area contributed by atoms with Gasteiger partial charge in [-0.25, -0.2) is 4.99 Å². The van der Waals surface area contributed by atoms with E-state index >= 15 is 0 Å². The summed E-state index contributed by atoms with van der Waals surface area (Å²) >= 11 is 0. The van der Waals surface area contributed by atoms with Crippen LogP contribution in [0.15, 0.2) is 17.6 Å². The Morgan fingerprint density at radius 3 is 2.31 bits per heavy atom. The van der Waals surface area contributed by atoms with Gasteiger partial charge in [0.1, 0.15) is 0 Å². The molecule has 0 unspecified atom stereocenters. The number of carboxylic acid groups (broad SMARTS) is 1. The van der Waals surface area contributed by atoms with Gasteiger partial charge in [-0.1, -0.05) is 6.08 Å². The fourth-order valence-corrected chi connectivity index (χ4v) is 0.300. The summed E-state index contributed by atoms with van der Waals surface area (Å²) in [6, 6.07) is 0. The molecule has 0 spiro atoms. The van der Waals surface area contributed by atoms with Crippen LogP contribution in [0.5, 0.6) is 0 Å². The van der Waals surface area contributed by atoms with Gasteiger partial charge in [0.05, 0.1) is 6.54 Å². The van der Waals surface area contributed by atoms with Crippen molar-refractivity contribution in [3.05, 3.63) is 12.7 Å². The van der Waals surface area contributed by atoms with Gasteiger partial charge >= 0.3 is 0 Å². The van der Waals surface area contributed by atoms with E-state index < -0.39 is 5.97 Å². The Kier molecular flexibility index (Phi) is 9.25. The highest BCUT2D eigenvalue weighted by Gasteiger charge is 1.88. The van der Waals surface area contributed by atoms with Crippen LogP contribution in [0, 0.1) is 0 Å². The average Bonchev–Trinajstić information content (AvgIpc) is 1.98. The molecule has 0 amide bonds. The Hall–Kier alpha value is -1.52. The van der Waals surface area contributed by atoms with E-state index in [4.69, 9.17) is 15.6 Å². The fraction of sp³-hybridized carbons (Fsp3) is 0.500. The van der Waals surface area contributed by atoms with Crippen LogP contribution >= 0.6 is 0 Å². The summed E-state index contributed by atoms with van der Waals surface area (Å²) < 4.78 is 0. The van der Waals surface area contributed by atoms with Crippen LogP contribution in [-0.2, 0) is 4.79 Å².